The van der Waals surface area contributed by atoms with Crippen molar-refractivity contribution in [3.63, 3.8) is 0 Å². The van der Waals surface area contributed by atoms with Gasteiger partial charge in [0.15, 0.2) is 0 Å². The Morgan fingerprint density at radius 1 is 1.30 bits per heavy atom. The van der Waals surface area contributed by atoms with Gasteiger partial charge in [0.05, 0.1) is 12.2 Å². The molecule has 118 valence electrons. The molecular formula is C16H32N2O2. The van der Waals surface area contributed by atoms with Gasteiger partial charge in [0.25, 0.3) is 0 Å². The van der Waals surface area contributed by atoms with E-state index in [1.54, 1.807) is 0 Å². The zero-order valence-corrected chi connectivity index (χ0v) is 13.7. The van der Waals surface area contributed by atoms with E-state index < -0.39 is 0 Å². The van der Waals surface area contributed by atoms with Gasteiger partial charge in [-0.2, -0.15) is 0 Å². The highest BCUT2D eigenvalue weighted by atomic mass is 16.5. The topological polar surface area (TPSA) is 41.6 Å². The van der Waals surface area contributed by atoms with Crippen molar-refractivity contribution in [2.24, 2.45) is 5.92 Å². The van der Waals surface area contributed by atoms with E-state index in [1.165, 1.54) is 0 Å². The van der Waals surface area contributed by atoms with Crippen molar-refractivity contribution in [2.45, 2.75) is 72.0 Å². The molecule has 1 amide bonds. The van der Waals surface area contributed by atoms with Crippen molar-refractivity contribution >= 4 is 5.91 Å². The average molecular weight is 284 g/mol. The number of unbranched alkanes of at least 4 members (excludes halogenated alkanes) is 1. The van der Waals surface area contributed by atoms with E-state index >= 15 is 0 Å². The highest BCUT2D eigenvalue weighted by Crippen LogP contribution is 2.17. The van der Waals surface area contributed by atoms with Crippen molar-refractivity contribution in [1.82, 2.24) is 10.2 Å². The average Bonchev–Trinajstić information content (AvgIpc) is 2.72. The second-order valence-corrected chi connectivity index (χ2v) is 6.14. The molecule has 0 aliphatic carbocycles. The third kappa shape index (κ3) is 5.41. The van der Waals surface area contributed by atoms with Crippen molar-refractivity contribution in [1.29, 1.82) is 0 Å². The van der Waals surface area contributed by atoms with Crippen LogP contribution >= 0.6 is 0 Å². The number of ether oxygens (including phenoxy) is 1. The van der Waals surface area contributed by atoms with Crippen LogP contribution in [0.1, 0.15) is 59.8 Å². The molecular weight excluding hydrogens is 252 g/mol. The van der Waals surface area contributed by atoms with Gasteiger partial charge in [-0.05, 0) is 25.2 Å². The molecule has 1 aliphatic rings. The van der Waals surface area contributed by atoms with Crippen LogP contribution in [0.2, 0.25) is 0 Å². The molecule has 0 aromatic heterocycles. The minimum atomic E-state index is 0.0384. The van der Waals surface area contributed by atoms with E-state index in [0.29, 0.717) is 5.92 Å². The summed E-state index contributed by atoms with van der Waals surface area (Å²) in [4.78, 5) is 14.4. The van der Waals surface area contributed by atoms with Crippen LogP contribution in [0.5, 0.6) is 0 Å². The first-order valence-electron chi connectivity index (χ1n) is 8.24. The first-order chi connectivity index (χ1) is 9.60. The number of hydrogen-bond donors (Lipinski definition) is 1. The van der Waals surface area contributed by atoms with Gasteiger partial charge in [0, 0.05) is 19.8 Å². The number of hydrogen-bond acceptors (Lipinski definition) is 3. The second-order valence-electron chi connectivity index (χ2n) is 6.14. The van der Waals surface area contributed by atoms with E-state index in [2.05, 4.69) is 33.0 Å². The predicted molar refractivity (Wildman–Crippen MR) is 82.5 cm³/mol. The number of carbonyl (C=O) groups excluding carboxylic acids is 1. The molecule has 0 radical (unpaired) electrons. The summed E-state index contributed by atoms with van der Waals surface area (Å²) in [6, 6.07) is 0.0384. The fourth-order valence-electron chi connectivity index (χ4n) is 2.62. The Bertz CT molecular complexity index is 282. The Balaban J connectivity index is 2.32. The van der Waals surface area contributed by atoms with Crippen LogP contribution in [0.25, 0.3) is 0 Å². The summed E-state index contributed by atoms with van der Waals surface area (Å²) in [5, 5.41) is 3.47. The Morgan fingerprint density at radius 2 is 2.05 bits per heavy atom. The molecule has 1 saturated heterocycles. The molecule has 1 rings (SSSR count). The molecule has 2 unspecified atom stereocenters. The molecule has 0 aromatic carbocycles. The summed E-state index contributed by atoms with van der Waals surface area (Å²) in [5.41, 5.74) is 0. The predicted octanol–water partition coefficient (Wildman–Crippen LogP) is 2.78. The largest absolute Gasteiger partial charge is 0.381 e. The lowest BCUT2D eigenvalue weighted by molar-refractivity contribution is -0.130. The maximum Gasteiger partial charge on any atom is 0.241 e. The molecule has 1 N–H and O–H groups in total. The molecule has 0 bridgehead atoms. The maximum atomic E-state index is 12.4. The first-order valence-corrected chi connectivity index (χ1v) is 8.24. The zero-order valence-electron chi connectivity index (χ0n) is 13.7. The fourth-order valence-corrected chi connectivity index (χ4v) is 2.62. The van der Waals surface area contributed by atoms with E-state index in [-0.39, 0.29) is 18.1 Å². The van der Waals surface area contributed by atoms with Gasteiger partial charge >= 0.3 is 0 Å². The summed E-state index contributed by atoms with van der Waals surface area (Å²) in [6.45, 7) is 11.0. The van der Waals surface area contributed by atoms with Crippen molar-refractivity contribution in [2.75, 3.05) is 19.8 Å². The smallest absolute Gasteiger partial charge is 0.241 e. The summed E-state index contributed by atoms with van der Waals surface area (Å²) < 4.78 is 5.59. The minimum Gasteiger partial charge on any atom is -0.381 e. The van der Waals surface area contributed by atoms with Gasteiger partial charge < -0.3 is 9.64 Å². The molecule has 0 aromatic rings. The maximum absolute atomic E-state index is 12.4. The van der Waals surface area contributed by atoms with Crippen LogP contribution in [0.4, 0.5) is 0 Å². The number of rotatable bonds is 10. The number of carbonyl (C=O) groups is 1. The summed E-state index contributed by atoms with van der Waals surface area (Å²) >= 11 is 0. The van der Waals surface area contributed by atoms with Crippen LogP contribution in [0.3, 0.4) is 0 Å². The second kappa shape index (κ2) is 9.35. The molecule has 0 saturated carbocycles. The molecule has 1 fully saturated rings. The molecule has 20 heavy (non-hydrogen) atoms. The van der Waals surface area contributed by atoms with Gasteiger partial charge in [-0.15, -0.1) is 0 Å². The monoisotopic (exact) mass is 284 g/mol. The quantitative estimate of drug-likeness (QED) is 0.627. The summed E-state index contributed by atoms with van der Waals surface area (Å²) in [7, 11) is 0. The first kappa shape index (κ1) is 17.4. The lowest BCUT2D eigenvalue weighted by Crippen LogP contribution is -2.37. The standard InChI is InChI=1S/C16H32N2O2/c1-5-7-9-14-16(19)18(15(6-2)17-14)10-8-11-20-12-13(3)4/h13-15,17H,5-12H2,1-4H3. The van der Waals surface area contributed by atoms with Gasteiger partial charge in [0.1, 0.15) is 0 Å². The Morgan fingerprint density at radius 3 is 2.65 bits per heavy atom. The number of amides is 1. The lowest BCUT2D eigenvalue weighted by Gasteiger charge is -2.23. The van der Waals surface area contributed by atoms with E-state index in [9.17, 15) is 4.79 Å². The minimum absolute atomic E-state index is 0.0384. The summed E-state index contributed by atoms with van der Waals surface area (Å²) in [6.07, 6.45) is 5.34. The Kier molecular flexibility index (Phi) is 8.15. The SMILES string of the molecule is CCCCC1NC(CC)N(CCCOCC(C)C)C1=O. The van der Waals surface area contributed by atoms with E-state index in [0.717, 1.165) is 51.9 Å². The molecule has 4 nitrogen and oxygen atoms in total. The van der Waals surface area contributed by atoms with Crippen molar-refractivity contribution in [3.05, 3.63) is 0 Å². The fraction of sp³-hybridized carbons (Fsp3) is 0.938. The molecule has 0 spiro atoms. The van der Waals surface area contributed by atoms with Gasteiger partial charge in [0.2, 0.25) is 5.91 Å². The van der Waals surface area contributed by atoms with Crippen LogP contribution in [0, 0.1) is 5.92 Å². The molecule has 2 atom stereocenters. The van der Waals surface area contributed by atoms with E-state index in [4.69, 9.17) is 4.74 Å². The third-order valence-electron chi connectivity index (χ3n) is 3.72. The van der Waals surface area contributed by atoms with Crippen molar-refractivity contribution in [3.8, 4) is 0 Å². The van der Waals surface area contributed by atoms with Gasteiger partial charge in [-0.3, -0.25) is 10.1 Å². The van der Waals surface area contributed by atoms with Crippen LogP contribution in [0.15, 0.2) is 0 Å². The van der Waals surface area contributed by atoms with Crippen molar-refractivity contribution < 1.29 is 9.53 Å². The van der Waals surface area contributed by atoms with Gasteiger partial charge in [-0.25, -0.2) is 0 Å². The van der Waals surface area contributed by atoms with Crippen LogP contribution in [-0.2, 0) is 9.53 Å². The van der Waals surface area contributed by atoms with Gasteiger partial charge in [-0.1, -0.05) is 40.5 Å². The highest BCUT2D eigenvalue weighted by Gasteiger charge is 2.36. The summed E-state index contributed by atoms with van der Waals surface area (Å²) in [5.74, 6) is 0.862. The molecule has 4 heteroatoms. The molecule has 1 aliphatic heterocycles. The van der Waals surface area contributed by atoms with E-state index in [1.807, 2.05) is 4.90 Å². The van der Waals surface area contributed by atoms with Crippen LogP contribution in [-0.4, -0.2) is 42.8 Å². The van der Waals surface area contributed by atoms with Crippen LogP contribution < -0.4 is 5.32 Å². The number of nitrogens with zero attached hydrogens (tertiary/aromatic N) is 1. The number of nitrogens with one attached hydrogen (secondary N) is 1. The third-order valence-corrected chi connectivity index (χ3v) is 3.72. The molecule has 1 heterocycles. The highest BCUT2D eigenvalue weighted by molar-refractivity contribution is 5.84. The Hall–Kier alpha value is -0.610. The lowest BCUT2D eigenvalue weighted by atomic mass is 10.1. The zero-order chi connectivity index (χ0) is 15.0. The normalized spacial score (nSPS) is 23.1. The Labute approximate surface area is 124 Å².